The lowest BCUT2D eigenvalue weighted by Crippen LogP contribution is -2.34. The van der Waals surface area contributed by atoms with Crippen molar-refractivity contribution in [3.05, 3.63) is 22.4 Å². The lowest BCUT2D eigenvalue weighted by molar-refractivity contribution is -0.121. The Morgan fingerprint density at radius 2 is 2.45 bits per heavy atom. The lowest BCUT2D eigenvalue weighted by atomic mass is 10.0. The maximum atomic E-state index is 11.9. The molecule has 1 amide bonds. The van der Waals surface area contributed by atoms with Crippen LogP contribution in [0.1, 0.15) is 30.9 Å². The molecule has 112 valence electrons. The summed E-state index contributed by atoms with van der Waals surface area (Å²) in [6.07, 6.45) is 2.86. The van der Waals surface area contributed by atoms with Gasteiger partial charge in [-0.05, 0) is 68.3 Å². The van der Waals surface area contributed by atoms with Crippen molar-refractivity contribution in [1.29, 1.82) is 0 Å². The number of amides is 1. The first-order valence-corrected chi connectivity index (χ1v) is 8.27. The standard InChI is InChI=1S/C15H25N3OS/c1-18(2)14(13-6-8-20-11-13)10-17-15(19)4-3-12-5-7-16-9-12/h6,8,11-12,14,16H,3-5,7,9-10H2,1-2H3,(H,17,19). The Hall–Kier alpha value is -0.910. The highest BCUT2D eigenvalue weighted by atomic mass is 32.1. The fourth-order valence-electron chi connectivity index (χ4n) is 2.66. The second-order valence-corrected chi connectivity index (χ2v) is 6.52. The van der Waals surface area contributed by atoms with Crippen LogP contribution in [0.4, 0.5) is 0 Å². The number of thiophene rings is 1. The molecule has 1 fully saturated rings. The number of nitrogens with one attached hydrogen (secondary N) is 2. The number of carbonyl (C=O) groups is 1. The SMILES string of the molecule is CN(C)C(CNC(=O)CCC1CCNC1)c1ccsc1. The molecule has 0 aliphatic carbocycles. The van der Waals surface area contributed by atoms with Gasteiger partial charge in [-0.25, -0.2) is 0 Å². The quantitative estimate of drug-likeness (QED) is 0.807. The van der Waals surface area contributed by atoms with E-state index in [1.54, 1.807) is 11.3 Å². The molecular weight excluding hydrogens is 270 g/mol. The third-order valence-electron chi connectivity index (χ3n) is 3.99. The van der Waals surface area contributed by atoms with Crippen molar-refractivity contribution in [2.45, 2.75) is 25.3 Å². The number of rotatable bonds is 7. The van der Waals surface area contributed by atoms with Crippen LogP contribution < -0.4 is 10.6 Å². The number of likely N-dealkylation sites (N-methyl/N-ethyl adjacent to an activating group) is 1. The molecule has 20 heavy (non-hydrogen) atoms. The molecule has 4 nitrogen and oxygen atoms in total. The van der Waals surface area contributed by atoms with E-state index in [0.717, 1.165) is 19.5 Å². The van der Waals surface area contributed by atoms with Gasteiger partial charge in [-0.3, -0.25) is 4.79 Å². The van der Waals surface area contributed by atoms with Gasteiger partial charge in [0, 0.05) is 13.0 Å². The highest BCUT2D eigenvalue weighted by Crippen LogP contribution is 2.20. The van der Waals surface area contributed by atoms with Crippen LogP contribution in [0.15, 0.2) is 16.8 Å². The first kappa shape index (κ1) is 15.5. The molecule has 0 saturated carbocycles. The van der Waals surface area contributed by atoms with Crippen molar-refractivity contribution in [1.82, 2.24) is 15.5 Å². The van der Waals surface area contributed by atoms with Crippen LogP contribution in [0.5, 0.6) is 0 Å². The first-order valence-electron chi connectivity index (χ1n) is 7.32. The Morgan fingerprint density at radius 3 is 3.05 bits per heavy atom. The third-order valence-corrected chi connectivity index (χ3v) is 4.69. The normalized spacial score (nSPS) is 20.2. The number of nitrogens with zero attached hydrogens (tertiary/aromatic N) is 1. The number of hydrogen-bond donors (Lipinski definition) is 2. The highest BCUT2D eigenvalue weighted by molar-refractivity contribution is 7.07. The van der Waals surface area contributed by atoms with Crippen molar-refractivity contribution in [2.24, 2.45) is 5.92 Å². The minimum absolute atomic E-state index is 0.180. The summed E-state index contributed by atoms with van der Waals surface area (Å²) in [4.78, 5) is 14.1. The highest BCUT2D eigenvalue weighted by Gasteiger charge is 2.18. The Balaban J connectivity index is 1.73. The molecule has 2 rings (SSSR count). The molecule has 2 atom stereocenters. The molecule has 1 aromatic heterocycles. The summed E-state index contributed by atoms with van der Waals surface area (Å²) in [5.41, 5.74) is 1.28. The van der Waals surface area contributed by atoms with Crippen LogP contribution in [0, 0.1) is 5.92 Å². The van der Waals surface area contributed by atoms with Crippen molar-refractivity contribution in [3.8, 4) is 0 Å². The average Bonchev–Trinajstić information content (AvgIpc) is 3.09. The van der Waals surface area contributed by atoms with E-state index in [2.05, 4.69) is 46.5 Å². The van der Waals surface area contributed by atoms with Crippen LogP contribution in [0.25, 0.3) is 0 Å². The Morgan fingerprint density at radius 1 is 1.60 bits per heavy atom. The maximum absolute atomic E-state index is 11.9. The second kappa shape index (κ2) is 7.76. The van der Waals surface area contributed by atoms with Crippen molar-refractivity contribution >= 4 is 17.2 Å². The average molecular weight is 295 g/mol. The molecule has 1 aliphatic heterocycles. The van der Waals surface area contributed by atoms with Gasteiger partial charge in [0.2, 0.25) is 5.91 Å². The lowest BCUT2D eigenvalue weighted by Gasteiger charge is -2.24. The number of carbonyl (C=O) groups excluding carboxylic acids is 1. The molecule has 2 heterocycles. The monoisotopic (exact) mass is 295 g/mol. The van der Waals surface area contributed by atoms with E-state index in [9.17, 15) is 4.79 Å². The topological polar surface area (TPSA) is 44.4 Å². The third kappa shape index (κ3) is 4.58. The Bertz CT molecular complexity index is 399. The Labute approximate surface area is 125 Å². The van der Waals surface area contributed by atoms with Gasteiger partial charge in [-0.1, -0.05) is 0 Å². The molecule has 2 unspecified atom stereocenters. The predicted octanol–water partition coefficient (Wildman–Crippen LogP) is 1.86. The van der Waals surface area contributed by atoms with Gasteiger partial charge in [-0.15, -0.1) is 0 Å². The van der Waals surface area contributed by atoms with Gasteiger partial charge in [-0.2, -0.15) is 11.3 Å². The summed E-state index contributed by atoms with van der Waals surface area (Å²) < 4.78 is 0. The minimum Gasteiger partial charge on any atom is -0.354 e. The molecule has 0 spiro atoms. The van der Waals surface area contributed by atoms with Gasteiger partial charge in [0.15, 0.2) is 0 Å². The predicted molar refractivity (Wildman–Crippen MR) is 84.0 cm³/mol. The van der Waals surface area contributed by atoms with Crippen LogP contribution >= 0.6 is 11.3 Å². The van der Waals surface area contributed by atoms with E-state index < -0.39 is 0 Å². The number of hydrogen-bond acceptors (Lipinski definition) is 4. The molecule has 1 aliphatic rings. The van der Waals surface area contributed by atoms with E-state index in [0.29, 0.717) is 18.9 Å². The van der Waals surface area contributed by atoms with Crippen LogP contribution in [0.3, 0.4) is 0 Å². The molecule has 1 saturated heterocycles. The van der Waals surface area contributed by atoms with E-state index >= 15 is 0 Å². The molecular formula is C15H25N3OS. The second-order valence-electron chi connectivity index (χ2n) is 5.74. The summed E-state index contributed by atoms with van der Waals surface area (Å²) in [6.45, 7) is 2.86. The Kier molecular flexibility index (Phi) is 6.01. The van der Waals surface area contributed by atoms with Crippen LogP contribution in [-0.2, 0) is 4.79 Å². The van der Waals surface area contributed by atoms with E-state index in [1.807, 2.05) is 0 Å². The fraction of sp³-hybridized carbons (Fsp3) is 0.667. The zero-order valence-corrected chi connectivity index (χ0v) is 13.2. The van der Waals surface area contributed by atoms with Gasteiger partial charge >= 0.3 is 0 Å². The summed E-state index contributed by atoms with van der Waals surface area (Å²) in [5.74, 6) is 0.862. The van der Waals surface area contributed by atoms with E-state index in [4.69, 9.17) is 0 Å². The molecule has 0 radical (unpaired) electrons. The summed E-state index contributed by atoms with van der Waals surface area (Å²) in [7, 11) is 4.11. The summed E-state index contributed by atoms with van der Waals surface area (Å²) >= 11 is 1.70. The van der Waals surface area contributed by atoms with Crippen molar-refractivity contribution < 1.29 is 4.79 Å². The zero-order chi connectivity index (χ0) is 14.4. The van der Waals surface area contributed by atoms with Crippen molar-refractivity contribution in [2.75, 3.05) is 33.7 Å². The van der Waals surface area contributed by atoms with Crippen molar-refractivity contribution in [3.63, 3.8) is 0 Å². The van der Waals surface area contributed by atoms with Gasteiger partial charge < -0.3 is 15.5 Å². The summed E-state index contributed by atoms with van der Waals surface area (Å²) in [6, 6.07) is 2.39. The van der Waals surface area contributed by atoms with Crippen LogP contribution in [-0.4, -0.2) is 44.5 Å². The minimum atomic E-state index is 0.180. The fourth-order valence-corrected chi connectivity index (χ4v) is 3.37. The van der Waals surface area contributed by atoms with Gasteiger partial charge in [0.05, 0.1) is 6.04 Å². The summed E-state index contributed by atoms with van der Waals surface area (Å²) in [5, 5.41) is 10.7. The van der Waals surface area contributed by atoms with E-state index in [1.165, 1.54) is 12.0 Å². The van der Waals surface area contributed by atoms with Gasteiger partial charge in [0.1, 0.15) is 0 Å². The molecule has 1 aromatic rings. The first-order chi connectivity index (χ1) is 9.66. The van der Waals surface area contributed by atoms with E-state index in [-0.39, 0.29) is 11.9 Å². The molecule has 2 N–H and O–H groups in total. The zero-order valence-electron chi connectivity index (χ0n) is 12.4. The molecule has 0 bridgehead atoms. The maximum Gasteiger partial charge on any atom is 0.220 e. The van der Waals surface area contributed by atoms with Crippen LogP contribution in [0.2, 0.25) is 0 Å². The molecule has 0 aromatic carbocycles. The largest absolute Gasteiger partial charge is 0.354 e. The molecule has 5 heteroatoms. The van der Waals surface area contributed by atoms with Gasteiger partial charge in [0.25, 0.3) is 0 Å². The smallest absolute Gasteiger partial charge is 0.220 e.